The van der Waals surface area contributed by atoms with Crippen LogP contribution in [0, 0.1) is 0 Å². The van der Waals surface area contributed by atoms with Gasteiger partial charge in [0.25, 0.3) is 0 Å². The largest absolute Gasteiger partial charge is 0.318 e. The fourth-order valence-corrected chi connectivity index (χ4v) is 7.03. The molecule has 0 atom stereocenters. The summed E-state index contributed by atoms with van der Waals surface area (Å²) in [6.07, 6.45) is 24.0. The molecule has 0 spiro atoms. The average molecular weight is 351 g/mol. The van der Waals surface area contributed by atoms with Crippen molar-refractivity contribution in [3.05, 3.63) is 73.3 Å². The Kier molecular flexibility index (Phi) is 4.13. The summed E-state index contributed by atoms with van der Waals surface area (Å²) < 4.78 is 7.21. The van der Waals surface area contributed by atoms with Crippen molar-refractivity contribution in [3.8, 4) is 0 Å². The first-order valence-corrected chi connectivity index (χ1v) is 10.4. The first kappa shape index (κ1) is 13.7. The zero-order chi connectivity index (χ0) is 13.8. The molecule has 0 aromatic carbocycles. The molecule has 1 radical (unpaired) electrons. The van der Waals surface area contributed by atoms with Gasteiger partial charge in [-0.3, -0.25) is 0 Å². The van der Waals surface area contributed by atoms with Gasteiger partial charge in [-0.15, -0.1) is 0 Å². The SMILES string of the molecule is Br[P](N1C=CC=CC1)(N1C=CC=CC1)N1C=CC=CC1. The van der Waals surface area contributed by atoms with Crippen LogP contribution in [0.1, 0.15) is 0 Å². The van der Waals surface area contributed by atoms with Crippen LogP contribution in [0.3, 0.4) is 0 Å². The summed E-state index contributed by atoms with van der Waals surface area (Å²) >= 11 is 4.10. The summed E-state index contributed by atoms with van der Waals surface area (Å²) in [6.45, 7) is 2.78. The van der Waals surface area contributed by atoms with Gasteiger partial charge in [0.05, 0.1) is 0 Å². The molecule has 3 aliphatic heterocycles. The quantitative estimate of drug-likeness (QED) is 0.705. The van der Waals surface area contributed by atoms with Crippen molar-refractivity contribution in [1.29, 1.82) is 0 Å². The van der Waals surface area contributed by atoms with E-state index in [0.717, 1.165) is 19.6 Å². The molecule has 0 aromatic heterocycles. The van der Waals surface area contributed by atoms with Gasteiger partial charge in [0.1, 0.15) is 0 Å². The summed E-state index contributed by atoms with van der Waals surface area (Å²) in [6, 6.07) is 0. The highest BCUT2D eigenvalue weighted by atomic mass is 79.9. The van der Waals surface area contributed by atoms with E-state index < -0.39 is 6.42 Å². The van der Waals surface area contributed by atoms with Crippen LogP contribution in [0.2, 0.25) is 0 Å². The van der Waals surface area contributed by atoms with Crippen LogP contribution in [-0.4, -0.2) is 33.6 Å². The van der Waals surface area contributed by atoms with Crippen molar-refractivity contribution in [1.82, 2.24) is 14.0 Å². The molecule has 3 heterocycles. The van der Waals surface area contributed by atoms with E-state index in [0.29, 0.717) is 0 Å². The van der Waals surface area contributed by atoms with Crippen LogP contribution >= 0.6 is 21.9 Å². The summed E-state index contributed by atoms with van der Waals surface area (Å²) in [5.74, 6) is 0. The maximum Gasteiger partial charge on any atom is 0.196 e. The number of rotatable bonds is 3. The van der Waals surface area contributed by atoms with E-state index in [1.54, 1.807) is 0 Å². The molecule has 3 rings (SSSR count). The minimum Gasteiger partial charge on any atom is -0.318 e. The fraction of sp³-hybridized carbons (Fsp3) is 0.200. The predicted molar refractivity (Wildman–Crippen MR) is 90.8 cm³/mol. The van der Waals surface area contributed by atoms with E-state index >= 15 is 0 Å². The minimum absolute atomic E-state index is 0.928. The molecule has 0 aromatic rings. The molecular formula is C15H18BrN3P. The second-order valence-electron chi connectivity index (χ2n) is 4.67. The Hall–Kier alpha value is -1.25. The molecule has 0 aliphatic carbocycles. The third-order valence-corrected chi connectivity index (χ3v) is 9.89. The number of hydrogen-bond donors (Lipinski definition) is 0. The Balaban J connectivity index is 1.93. The molecule has 0 amide bonds. The van der Waals surface area contributed by atoms with E-state index in [2.05, 4.69) is 103 Å². The van der Waals surface area contributed by atoms with Gasteiger partial charge in [-0.2, -0.15) is 0 Å². The van der Waals surface area contributed by atoms with E-state index in [1.807, 2.05) is 0 Å². The monoisotopic (exact) mass is 350 g/mol. The summed E-state index contributed by atoms with van der Waals surface area (Å²) in [5.41, 5.74) is 0. The fourth-order valence-electron chi connectivity index (χ4n) is 2.38. The van der Waals surface area contributed by atoms with Crippen molar-refractivity contribution in [2.75, 3.05) is 19.6 Å². The summed E-state index contributed by atoms with van der Waals surface area (Å²) in [7, 11) is 0. The van der Waals surface area contributed by atoms with Crippen LogP contribution in [0.5, 0.6) is 0 Å². The molecule has 0 unspecified atom stereocenters. The molecule has 0 saturated heterocycles. The Morgan fingerprint density at radius 1 is 0.600 bits per heavy atom. The second-order valence-corrected chi connectivity index (χ2v) is 10.1. The molecule has 0 saturated carbocycles. The van der Waals surface area contributed by atoms with Gasteiger partial charge < -0.3 is 14.0 Å². The zero-order valence-corrected chi connectivity index (χ0v) is 13.7. The van der Waals surface area contributed by atoms with E-state index in [-0.39, 0.29) is 0 Å². The highest BCUT2D eigenvalue weighted by Gasteiger charge is 2.40. The lowest BCUT2D eigenvalue weighted by Crippen LogP contribution is -2.37. The molecule has 3 aliphatic rings. The van der Waals surface area contributed by atoms with Gasteiger partial charge in [0.2, 0.25) is 0 Å². The minimum atomic E-state index is -1.80. The molecular weight excluding hydrogens is 333 g/mol. The second kappa shape index (κ2) is 6.02. The van der Waals surface area contributed by atoms with Gasteiger partial charge >= 0.3 is 0 Å². The van der Waals surface area contributed by atoms with Crippen LogP contribution in [0.15, 0.2) is 73.3 Å². The summed E-state index contributed by atoms with van der Waals surface area (Å²) in [5, 5.41) is 0. The topological polar surface area (TPSA) is 9.72 Å². The van der Waals surface area contributed by atoms with E-state index in [1.165, 1.54) is 0 Å². The highest BCUT2D eigenvalue weighted by molar-refractivity contribution is 9.41. The predicted octanol–water partition coefficient (Wildman–Crippen LogP) is 4.22. The number of hydrogen-bond acceptors (Lipinski definition) is 3. The Bertz CT molecular complexity index is 459. The molecule has 5 heteroatoms. The van der Waals surface area contributed by atoms with Crippen molar-refractivity contribution >= 4 is 21.9 Å². The normalized spacial score (nSPS) is 21.1. The Morgan fingerprint density at radius 3 is 1.20 bits per heavy atom. The van der Waals surface area contributed by atoms with Gasteiger partial charge in [-0.05, 0) is 18.2 Å². The van der Waals surface area contributed by atoms with Crippen molar-refractivity contribution in [2.24, 2.45) is 0 Å². The molecule has 105 valence electrons. The van der Waals surface area contributed by atoms with Crippen LogP contribution in [0.25, 0.3) is 0 Å². The van der Waals surface area contributed by atoms with Gasteiger partial charge in [0, 0.05) is 53.7 Å². The third-order valence-electron chi connectivity index (χ3n) is 3.37. The molecule has 0 N–H and O–H groups in total. The van der Waals surface area contributed by atoms with Crippen LogP contribution in [-0.2, 0) is 0 Å². The number of halogens is 1. The van der Waals surface area contributed by atoms with E-state index in [9.17, 15) is 0 Å². The molecule has 0 fully saturated rings. The van der Waals surface area contributed by atoms with Crippen LogP contribution in [0.4, 0.5) is 0 Å². The Labute approximate surface area is 129 Å². The maximum atomic E-state index is 4.10. The number of allylic oxidation sites excluding steroid dienone is 6. The average Bonchev–Trinajstić information content (AvgIpc) is 2.56. The number of nitrogens with zero attached hydrogens (tertiary/aromatic N) is 3. The molecule has 20 heavy (non-hydrogen) atoms. The first-order chi connectivity index (χ1) is 9.82. The van der Waals surface area contributed by atoms with Crippen molar-refractivity contribution < 1.29 is 0 Å². The van der Waals surface area contributed by atoms with Crippen molar-refractivity contribution in [3.63, 3.8) is 0 Å². The molecule has 3 nitrogen and oxygen atoms in total. The van der Waals surface area contributed by atoms with Crippen molar-refractivity contribution in [2.45, 2.75) is 0 Å². The lowest BCUT2D eigenvalue weighted by molar-refractivity contribution is 0.484. The first-order valence-electron chi connectivity index (χ1n) is 6.72. The van der Waals surface area contributed by atoms with Crippen LogP contribution < -0.4 is 0 Å². The summed E-state index contributed by atoms with van der Waals surface area (Å²) in [4.78, 5) is 0. The maximum absolute atomic E-state index is 4.10. The van der Waals surface area contributed by atoms with Gasteiger partial charge in [-0.25, -0.2) is 0 Å². The third kappa shape index (κ3) is 2.50. The van der Waals surface area contributed by atoms with Gasteiger partial charge in [-0.1, -0.05) is 36.5 Å². The van der Waals surface area contributed by atoms with E-state index in [4.69, 9.17) is 0 Å². The smallest absolute Gasteiger partial charge is 0.196 e. The lowest BCUT2D eigenvalue weighted by Gasteiger charge is -2.53. The Morgan fingerprint density at radius 2 is 0.950 bits per heavy atom. The van der Waals surface area contributed by atoms with Gasteiger partial charge in [0.15, 0.2) is 6.42 Å². The zero-order valence-electron chi connectivity index (χ0n) is 11.2. The highest BCUT2D eigenvalue weighted by Crippen LogP contribution is 2.75. The lowest BCUT2D eigenvalue weighted by atomic mass is 10.4. The standard InChI is InChI=1S/C15H18BrN3P/c16-20(17-10-4-1-5-11-17,18-12-6-2-7-13-18)19-14-8-3-9-15-19/h1-10,12,14H,11,13,15H2. The molecule has 0 bridgehead atoms.